The van der Waals surface area contributed by atoms with E-state index in [1.165, 1.54) is 14.0 Å². The number of esters is 1. The molecule has 1 atom stereocenters. The van der Waals surface area contributed by atoms with Crippen molar-refractivity contribution in [3.63, 3.8) is 0 Å². The van der Waals surface area contributed by atoms with Crippen molar-refractivity contribution in [3.05, 3.63) is 28.7 Å². The van der Waals surface area contributed by atoms with Gasteiger partial charge in [-0.15, -0.1) is 0 Å². The van der Waals surface area contributed by atoms with Crippen LogP contribution in [-0.4, -0.2) is 68.6 Å². The third kappa shape index (κ3) is 4.00. The Morgan fingerprint density at radius 2 is 1.96 bits per heavy atom. The van der Waals surface area contributed by atoms with Crippen molar-refractivity contribution in [2.45, 2.75) is 13.0 Å². The van der Waals surface area contributed by atoms with Crippen LogP contribution in [-0.2, 0) is 19.1 Å². The number of methoxy groups -OCH3 is 2. The van der Waals surface area contributed by atoms with Crippen LogP contribution in [0.4, 0.5) is 10.5 Å². The second-order valence-electron chi connectivity index (χ2n) is 6.28. The number of nitrogens with zero attached hydrogens (tertiary/aromatic N) is 2. The first-order valence-electron chi connectivity index (χ1n) is 8.82. The van der Waals surface area contributed by atoms with Gasteiger partial charge in [0.1, 0.15) is 11.8 Å². The van der Waals surface area contributed by atoms with Crippen molar-refractivity contribution in [3.8, 4) is 5.75 Å². The molecule has 3 rings (SSSR count). The minimum Gasteiger partial charge on any atom is -0.496 e. The van der Waals surface area contributed by atoms with Crippen LogP contribution in [0.2, 0.25) is 0 Å². The number of hydrogen-bond donors (Lipinski definition) is 0. The van der Waals surface area contributed by atoms with E-state index in [4.69, 9.17) is 9.47 Å². The van der Waals surface area contributed by atoms with Crippen LogP contribution in [0.15, 0.2) is 23.1 Å². The molecule has 1 aromatic carbocycles. The number of imide groups is 1. The number of ether oxygens (including phenoxy) is 3. The van der Waals surface area contributed by atoms with Gasteiger partial charge in [0.25, 0.3) is 11.1 Å². The number of rotatable bonds is 5. The number of amides is 2. The normalized spacial score (nSPS) is 19.9. The predicted octanol–water partition coefficient (Wildman–Crippen LogP) is 2.13. The lowest BCUT2D eigenvalue weighted by molar-refractivity contribution is -0.148. The monoisotopic (exact) mass is 406 g/mol. The van der Waals surface area contributed by atoms with Crippen molar-refractivity contribution in [1.82, 2.24) is 4.90 Å². The molecule has 2 aliphatic rings. The van der Waals surface area contributed by atoms with Gasteiger partial charge in [0.05, 0.1) is 32.3 Å². The summed E-state index contributed by atoms with van der Waals surface area (Å²) in [5.41, 5.74) is 1.68. The summed E-state index contributed by atoms with van der Waals surface area (Å²) in [6.45, 7) is 4.41. The van der Waals surface area contributed by atoms with E-state index in [1.807, 2.05) is 18.2 Å². The first-order valence-corrected chi connectivity index (χ1v) is 9.63. The fraction of sp³-hybridized carbons (Fsp3) is 0.421. The van der Waals surface area contributed by atoms with Gasteiger partial charge >= 0.3 is 5.97 Å². The molecular formula is C19H22N2O6S. The van der Waals surface area contributed by atoms with Gasteiger partial charge in [-0.2, -0.15) is 0 Å². The van der Waals surface area contributed by atoms with Crippen LogP contribution in [0.5, 0.6) is 5.75 Å². The van der Waals surface area contributed by atoms with Crippen LogP contribution in [0, 0.1) is 0 Å². The van der Waals surface area contributed by atoms with Crippen molar-refractivity contribution in [2.24, 2.45) is 0 Å². The summed E-state index contributed by atoms with van der Waals surface area (Å²) in [5.74, 6) is -0.569. The zero-order chi connectivity index (χ0) is 20.3. The summed E-state index contributed by atoms with van der Waals surface area (Å²) < 4.78 is 15.5. The summed E-state index contributed by atoms with van der Waals surface area (Å²) in [6.07, 6.45) is 1.61. The molecule has 1 aromatic rings. The third-order valence-electron chi connectivity index (χ3n) is 4.63. The number of morpholine rings is 1. The molecule has 9 heteroatoms. The van der Waals surface area contributed by atoms with Crippen LogP contribution in [0.1, 0.15) is 12.5 Å². The Labute approximate surface area is 167 Å². The first kappa shape index (κ1) is 20.2. The van der Waals surface area contributed by atoms with Gasteiger partial charge in [0.2, 0.25) is 0 Å². The lowest BCUT2D eigenvalue weighted by atomic mass is 10.1. The molecule has 2 aliphatic heterocycles. The molecular weight excluding hydrogens is 384 g/mol. The van der Waals surface area contributed by atoms with Crippen molar-refractivity contribution in [2.75, 3.05) is 45.4 Å². The molecule has 28 heavy (non-hydrogen) atoms. The van der Waals surface area contributed by atoms with E-state index in [9.17, 15) is 14.4 Å². The number of benzene rings is 1. The zero-order valence-electron chi connectivity index (χ0n) is 16.0. The van der Waals surface area contributed by atoms with Crippen LogP contribution in [0.25, 0.3) is 6.08 Å². The van der Waals surface area contributed by atoms with Crippen molar-refractivity contribution in [1.29, 1.82) is 0 Å². The van der Waals surface area contributed by atoms with Gasteiger partial charge in [0.15, 0.2) is 0 Å². The topological polar surface area (TPSA) is 85.4 Å². The number of carbonyl (C=O) groups is 3. The first-order chi connectivity index (χ1) is 13.5. The largest absolute Gasteiger partial charge is 0.496 e. The second-order valence-corrected chi connectivity index (χ2v) is 7.27. The lowest BCUT2D eigenvalue weighted by Crippen LogP contribution is -2.42. The van der Waals surface area contributed by atoms with E-state index >= 15 is 0 Å². The highest BCUT2D eigenvalue weighted by molar-refractivity contribution is 8.18. The molecule has 0 aromatic heterocycles. The third-order valence-corrected chi connectivity index (χ3v) is 5.52. The molecule has 2 heterocycles. The maximum Gasteiger partial charge on any atom is 0.328 e. The molecule has 0 spiro atoms. The summed E-state index contributed by atoms with van der Waals surface area (Å²) >= 11 is 0.793. The van der Waals surface area contributed by atoms with E-state index in [2.05, 4.69) is 9.64 Å². The fourth-order valence-corrected chi connectivity index (χ4v) is 3.97. The van der Waals surface area contributed by atoms with Crippen LogP contribution >= 0.6 is 11.8 Å². The highest BCUT2D eigenvalue weighted by Crippen LogP contribution is 2.36. The van der Waals surface area contributed by atoms with Gasteiger partial charge in [-0.05, 0) is 36.9 Å². The Kier molecular flexibility index (Phi) is 6.25. The summed E-state index contributed by atoms with van der Waals surface area (Å²) in [5, 5.41) is -0.502. The van der Waals surface area contributed by atoms with Crippen LogP contribution < -0.4 is 9.64 Å². The van der Waals surface area contributed by atoms with E-state index in [0.717, 1.165) is 35.4 Å². The summed E-state index contributed by atoms with van der Waals surface area (Å²) in [4.78, 5) is 39.9. The van der Waals surface area contributed by atoms with Gasteiger partial charge in [-0.3, -0.25) is 14.5 Å². The Morgan fingerprint density at radius 3 is 2.61 bits per heavy atom. The average molecular weight is 406 g/mol. The molecule has 150 valence electrons. The number of thioether (sulfide) groups is 1. The Balaban J connectivity index is 1.85. The highest BCUT2D eigenvalue weighted by atomic mass is 32.2. The molecule has 0 bridgehead atoms. The maximum atomic E-state index is 12.6. The van der Waals surface area contributed by atoms with Gasteiger partial charge < -0.3 is 19.1 Å². The van der Waals surface area contributed by atoms with E-state index in [1.54, 1.807) is 13.2 Å². The minimum atomic E-state index is -0.978. The fourth-order valence-electron chi connectivity index (χ4n) is 3.07. The van der Waals surface area contributed by atoms with Gasteiger partial charge in [-0.25, -0.2) is 4.79 Å². The molecule has 0 saturated carbocycles. The average Bonchev–Trinajstić information content (AvgIpc) is 3.00. The molecule has 2 fully saturated rings. The Morgan fingerprint density at radius 1 is 1.25 bits per heavy atom. The van der Waals surface area contributed by atoms with Crippen molar-refractivity contribution >= 4 is 40.6 Å². The Hall–Kier alpha value is -2.52. The van der Waals surface area contributed by atoms with Gasteiger partial charge in [0, 0.05) is 30.4 Å². The molecule has 2 amide bonds. The molecule has 0 N–H and O–H groups in total. The molecule has 2 saturated heterocycles. The second kappa shape index (κ2) is 8.66. The van der Waals surface area contributed by atoms with Gasteiger partial charge in [-0.1, -0.05) is 0 Å². The molecule has 0 aliphatic carbocycles. The lowest BCUT2D eigenvalue weighted by Gasteiger charge is -2.29. The SMILES string of the molecule is COC(=O)[C@H](C)N1C(=O)S/C(=C/c2ccc(N3CCOCC3)cc2OC)C1=O. The summed E-state index contributed by atoms with van der Waals surface area (Å²) in [7, 11) is 2.77. The molecule has 0 unspecified atom stereocenters. The van der Waals surface area contributed by atoms with Crippen LogP contribution in [0.3, 0.4) is 0 Å². The maximum absolute atomic E-state index is 12.6. The van der Waals surface area contributed by atoms with Crippen molar-refractivity contribution < 1.29 is 28.6 Å². The quantitative estimate of drug-likeness (QED) is 0.543. The number of anilines is 1. The standard InChI is InChI=1S/C19H22N2O6S/c1-12(18(23)26-3)21-17(22)16(28-19(21)24)10-13-4-5-14(11-15(13)25-2)20-6-8-27-9-7-20/h4-5,10-12H,6-9H2,1-3H3/b16-10+/t12-/m0/s1. The van der Waals surface area contributed by atoms with E-state index < -0.39 is 23.2 Å². The smallest absolute Gasteiger partial charge is 0.328 e. The van der Waals surface area contributed by atoms with E-state index in [-0.39, 0.29) is 4.91 Å². The van der Waals surface area contributed by atoms with E-state index in [0.29, 0.717) is 24.5 Å². The summed E-state index contributed by atoms with van der Waals surface area (Å²) in [6, 6.07) is 4.72. The number of hydrogen-bond acceptors (Lipinski definition) is 8. The molecule has 8 nitrogen and oxygen atoms in total. The zero-order valence-corrected chi connectivity index (χ0v) is 16.8. The minimum absolute atomic E-state index is 0.234. The highest BCUT2D eigenvalue weighted by Gasteiger charge is 2.41. The predicted molar refractivity (Wildman–Crippen MR) is 105 cm³/mol. The molecule has 0 radical (unpaired) electrons. The number of carbonyl (C=O) groups excluding carboxylic acids is 3. The Bertz CT molecular complexity index is 819.